The van der Waals surface area contributed by atoms with Crippen LogP contribution in [0.15, 0.2) is 54.6 Å². The van der Waals surface area contributed by atoms with Gasteiger partial charge < -0.3 is 15.0 Å². The van der Waals surface area contributed by atoms with Gasteiger partial charge in [0.05, 0.1) is 6.54 Å². The van der Waals surface area contributed by atoms with Crippen LogP contribution in [0.4, 0.5) is 5.69 Å². The summed E-state index contributed by atoms with van der Waals surface area (Å²) in [4.78, 5) is 26.0. The predicted octanol–water partition coefficient (Wildman–Crippen LogP) is 3.59. The SMILES string of the molecule is CN(CC(=O)Nc1ccccc1)C(=O)C(C)(C)Oc1ccc(Cl)cc1. The third-order valence-electron chi connectivity index (χ3n) is 3.49. The van der Waals surface area contributed by atoms with Crippen LogP contribution in [-0.4, -0.2) is 35.9 Å². The second-order valence-electron chi connectivity index (χ2n) is 6.14. The first-order chi connectivity index (χ1) is 11.8. The first-order valence-corrected chi connectivity index (χ1v) is 8.21. The highest BCUT2D eigenvalue weighted by Crippen LogP contribution is 2.22. The second kappa shape index (κ2) is 8.03. The van der Waals surface area contributed by atoms with E-state index in [9.17, 15) is 9.59 Å². The molecule has 0 saturated heterocycles. The van der Waals surface area contributed by atoms with Crippen molar-refractivity contribution in [2.24, 2.45) is 0 Å². The highest BCUT2D eigenvalue weighted by atomic mass is 35.5. The molecular weight excluding hydrogens is 340 g/mol. The number of nitrogens with zero attached hydrogens (tertiary/aromatic N) is 1. The van der Waals surface area contributed by atoms with Crippen molar-refractivity contribution in [1.82, 2.24) is 4.90 Å². The maximum atomic E-state index is 12.6. The largest absolute Gasteiger partial charge is 0.478 e. The minimum absolute atomic E-state index is 0.0683. The number of rotatable bonds is 6. The van der Waals surface area contributed by atoms with Crippen molar-refractivity contribution < 1.29 is 14.3 Å². The van der Waals surface area contributed by atoms with E-state index in [1.54, 1.807) is 57.3 Å². The van der Waals surface area contributed by atoms with Crippen molar-refractivity contribution in [3.63, 3.8) is 0 Å². The number of hydrogen-bond donors (Lipinski definition) is 1. The van der Waals surface area contributed by atoms with Crippen molar-refractivity contribution >= 4 is 29.1 Å². The monoisotopic (exact) mass is 360 g/mol. The number of amides is 2. The van der Waals surface area contributed by atoms with E-state index in [1.807, 2.05) is 18.2 Å². The number of carbonyl (C=O) groups is 2. The van der Waals surface area contributed by atoms with Gasteiger partial charge in [0.2, 0.25) is 5.91 Å². The number of nitrogens with one attached hydrogen (secondary N) is 1. The first kappa shape index (κ1) is 18.8. The zero-order chi connectivity index (χ0) is 18.4. The van der Waals surface area contributed by atoms with Gasteiger partial charge in [-0.15, -0.1) is 0 Å². The maximum absolute atomic E-state index is 12.6. The number of likely N-dealkylation sites (N-methyl/N-ethyl adjacent to an activating group) is 1. The number of anilines is 1. The van der Waals surface area contributed by atoms with Crippen LogP contribution in [0.3, 0.4) is 0 Å². The van der Waals surface area contributed by atoms with Gasteiger partial charge in [-0.1, -0.05) is 29.8 Å². The Balaban J connectivity index is 1.95. The Kier molecular flexibility index (Phi) is 6.04. The molecule has 5 nitrogen and oxygen atoms in total. The summed E-state index contributed by atoms with van der Waals surface area (Å²) in [5.41, 5.74) is -0.430. The quantitative estimate of drug-likeness (QED) is 0.856. The minimum atomic E-state index is -1.12. The lowest BCUT2D eigenvalue weighted by atomic mass is 10.1. The maximum Gasteiger partial charge on any atom is 0.266 e. The molecule has 0 aliphatic carbocycles. The first-order valence-electron chi connectivity index (χ1n) is 7.83. The molecule has 2 aromatic carbocycles. The number of halogens is 1. The average Bonchev–Trinajstić information content (AvgIpc) is 2.56. The van der Waals surface area contributed by atoms with Crippen molar-refractivity contribution in [2.45, 2.75) is 19.4 Å². The number of carbonyl (C=O) groups excluding carboxylic acids is 2. The van der Waals surface area contributed by atoms with Crippen LogP contribution in [-0.2, 0) is 9.59 Å². The molecule has 0 bridgehead atoms. The van der Waals surface area contributed by atoms with Crippen molar-refractivity contribution in [2.75, 3.05) is 18.9 Å². The van der Waals surface area contributed by atoms with Gasteiger partial charge in [-0.25, -0.2) is 0 Å². The van der Waals surface area contributed by atoms with Gasteiger partial charge in [-0.3, -0.25) is 9.59 Å². The molecule has 2 rings (SSSR count). The minimum Gasteiger partial charge on any atom is -0.478 e. The molecule has 0 aromatic heterocycles. The van der Waals surface area contributed by atoms with Crippen LogP contribution >= 0.6 is 11.6 Å². The predicted molar refractivity (Wildman–Crippen MR) is 98.9 cm³/mol. The zero-order valence-corrected chi connectivity index (χ0v) is 15.2. The molecule has 0 heterocycles. The summed E-state index contributed by atoms with van der Waals surface area (Å²) >= 11 is 5.84. The van der Waals surface area contributed by atoms with Crippen LogP contribution in [0.5, 0.6) is 5.75 Å². The normalized spacial score (nSPS) is 10.9. The molecule has 132 valence electrons. The highest BCUT2D eigenvalue weighted by Gasteiger charge is 2.33. The summed E-state index contributed by atoms with van der Waals surface area (Å²) in [6.07, 6.45) is 0. The number of hydrogen-bond acceptors (Lipinski definition) is 3. The molecule has 0 aliphatic heterocycles. The van der Waals surface area contributed by atoms with E-state index in [0.29, 0.717) is 16.5 Å². The third kappa shape index (κ3) is 5.50. The van der Waals surface area contributed by atoms with Gasteiger partial charge in [-0.2, -0.15) is 0 Å². The Bertz CT molecular complexity index is 730. The fourth-order valence-electron chi connectivity index (χ4n) is 2.31. The van der Waals surface area contributed by atoms with Gasteiger partial charge in [0.15, 0.2) is 5.60 Å². The molecule has 1 N–H and O–H groups in total. The topological polar surface area (TPSA) is 58.6 Å². The number of ether oxygens (including phenoxy) is 1. The zero-order valence-electron chi connectivity index (χ0n) is 14.5. The van der Waals surface area contributed by atoms with E-state index in [4.69, 9.17) is 16.3 Å². The van der Waals surface area contributed by atoms with Gasteiger partial charge in [0, 0.05) is 17.8 Å². The average molecular weight is 361 g/mol. The van der Waals surface area contributed by atoms with Crippen LogP contribution in [0.25, 0.3) is 0 Å². The van der Waals surface area contributed by atoms with Gasteiger partial charge in [-0.05, 0) is 50.2 Å². The van der Waals surface area contributed by atoms with Crippen molar-refractivity contribution in [1.29, 1.82) is 0 Å². The van der Waals surface area contributed by atoms with E-state index in [1.165, 1.54) is 4.90 Å². The smallest absolute Gasteiger partial charge is 0.266 e. The van der Waals surface area contributed by atoms with Gasteiger partial charge in [0.25, 0.3) is 5.91 Å². The van der Waals surface area contributed by atoms with E-state index in [2.05, 4.69) is 5.32 Å². The molecule has 6 heteroatoms. The number of benzene rings is 2. The van der Waals surface area contributed by atoms with Gasteiger partial charge in [0.1, 0.15) is 5.75 Å². The molecule has 2 aromatic rings. The van der Waals surface area contributed by atoms with Crippen molar-refractivity contribution in [3.8, 4) is 5.75 Å². The van der Waals surface area contributed by atoms with E-state index < -0.39 is 5.60 Å². The van der Waals surface area contributed by atoms with Crippen LogP contribution in [0.1, 0.15) is 13.8 Å². The molecule has 2 amide bonds. The van der Waals surface area contributed by atoms with E-state index in [0.717, 1.165) is 0 Å². The molecule has 25 heavy (non-hydrogen) atoms. The highest BCUT2D eigenvalue weighted by molar-refractivity contribution is 6.30. The fourth-order valence-corrected chi connectivity index (χ4v) is 2.44. The molecule has 0 spiro atoms. The fraction of sp³-hybridized carbons (Fsp3) is 0.263. The summed E-state index contributed by atoms with van der Waals surface area (Å²) in [6.45, 7) is 3.26. The summed E-state index contributed by atoms with van der Waals surface area (Å²) in [5, 5.41) is 3.34. The molecule has 0 radical (unpaired) electrons. The molecule has 0 atom stereocenters. The van der Waals surface area contributed by atoms with Gasteiger partial charge >= 0.3 is 0 Å². The van der Waals surface area contributed by atoms with Crippen LogP contribution < -0.4 is 10.1 Å². The molecule has 0 aliphatic rings. The van der Waals surface area contributed by atoms with Crippen molar-refractivity contribution in [3.05, 3.63) is 59.6 Å². The Morgan fingerprint density at radius 3 is 2.28 bits per heavy atom. The molecular formula is C19H21ClN2O3. The number of para-hydroxylation sites is 1. The lowest BCUT2D eigenvalue weighted by Crippen LogP contribution is -2.49. The Morgan fingerprint density at radius 1 is 1.08 bits per heavy atom. The van der Waals surface area contributed by atoms with E-state index >= 15 is 0 Å². The Labute approximate surface area is 152 Å². The van der Waals surface area contributed by atoms with Crippen LogP contribution in [0, 0.1) is 0 Å². The third-order valence-corrected chi connectivity index (χ3v) is 3.74. The van der Waals surface area contributed by atoms with E-state index in [-0.39, 0.29) is 18.4 Å². The van der Waals surface area contributed by atoms with Crippen LogP contribution in [0.2, 0.25) is 5.02 Å². The second-order valence-corrected chi connectivity index (χ2v) is 6.58. The molecule has 0 fully saturated rings. The summed E-state index contributed by atoms with van der Waals surface area (Å²) in [6, 6.07) is 15.9. The molecule has 0 saturated carbocycles. The Hall–Kier alpha value is -2.53. The summed E-state index contributed by atoms with van der Waals surface area (Å²) in [7, 11) is 1.57. The summed E-state index contributed by atoms with van der Waals surface area (Å²) in [5.74, 6) is -0.0418. The summed E-state index contributed by atoms with van der Waals surface area (Å²) < 4.78 is 5.76. The Morgan fingerprint density at radius 2 is 1.68 bits per heavy atom. The standard InChI is InChI=1S/C19H21ClN2O3/c1-19(2,25-16-11-9-14(20)10-12-16)18(24)22(3)13-17(23)21-15-7-5-4-6-8-15/h4-12H,13H2,1-3H3,(H,21,23). The lowest BCUT2D eigenvalue weighted by molar-refractivity contribution is -0.145. The lowest BCUT2D eigenvalue weighted by Gasteiger charge is -2.29. The molecule has 0 unspecified atom stereocenters.